The molecule has 144 valence electrons. The number of ether oxygens (including phenoxy) is 1. The van der Waals surface area contributed by atoms with Crippen molar-refractivity contribution in [3.05, 3.63) is 59.5 Å². The number of benzene rings is 2. The number of amides is 1. The van der Waals surface area contributed by atoms with Crippen molar-refractivity contribution in [3.63, 3.8) is 0 Å². The molecule has 0 aliphatic carbocycles. The fraction of sp³-hybridized carbons (Fsp3) is 0.238. The van der Waals surface area contributed by atoms with Crippen LogP contribution in [0.25, 0.3) is 21.1 Å². The van der Waals surface area contributed by atoms with Crippen LogP contribution >= 0.6 is 11.3 Å². The van der Waals surface area contributed by atoms with Crippen molar-refractivity contribution in [2.24, 2.45) is 0 Å². The lowest BCUT2D eigenvalue weighted by molar-refractivity contribution is -0.118. The molecule has 0 fully saturated rings. The summed E-state index contributed by atoms with van der Waals surface area (Å²) < 4.78 is 20.0. The van der Waals surface area contributed by atoms with Gasteiger partial charge in [0, 0.05) is 23.7 Å². The minimum atomic E-state index is -0.317. The minimum Gasteiger partial charge on any atom is -0.383 e. The number of aromatic amines is 1. The molecule has 0 spiro atoms. The van der Waals surface area contributed by atoms with Crippen molar-refractivity contribution < 1.29 is 13.9 Å². The summed E-state index contributed by atoms with van der Waals surface area (Å²) in [5, 5.41) is 1.38. The van der Waals surface area contributed by atoms with E-state index in [-0.39, 0.29) is 18.1 Å². The molecule has 7 heteroatoms. The van der Waals surface area contributed by atoms with Gasteiger partial charge < -0.3 is 9.72 Å². The third-order valence-electron chi connectivity index (χ3n) is 4.74. The Morgan fingerprint density at radius 3 is 2.89 bits per heavy atom. The lowest BCUT2D eigenvalue weighted by atomic mass is 10.1. The number of nitrogens with one attached hydrogen (secondary N) is 1. The molecule has 0 aliphatic heterocycles. The van der Waals surface area contributed by atoms with Gasteiger partial charge in [-0.2, -0.15) is 0 Å². The van der Waals surface area contributed by atoms with E-state index < -0.39 is 0 Å². The van der Waals surface area contributed by atoms with Crippen LogP contribution in [0.1, 0.15) is 11.3 Å². The molecule has 2 aromatic heterocycles. The molecule has 1 amide bonds. The van der Waals surface area contributed by atoms with E-state index in [1.165, 1.54) is 23.5 Å². The number of hydrogen-bond donors (Lipinski definition) is 1. The van der Waals surface area contributed by atoms with Crippen molar-refractivity contribution >= 4 is 43.5 Å². The molecule has 2 heterocycles. The van der Waals surface area contributed by atoms with Gasteiger partial charge in [0.05, 0.1) is 29.8 Å². The van der Waals surface area contributed by atoms with Crippen LogP contribution in [0.5, 0.6) is 0 Å². The Bertz CT molecular complexity index is 1120. The van der Waals surface area contributed by atoms with Crippen molar-refractivity contribution in [1.82, 2.24) is 9.97 Å². The molecule has 0 saturated heterocycles. The Balaban J connectivity index is 1.68. The number of methoxy groups -OCH3 is 1. The molecule has 0 unspecified atom stereocenters. The second-order valence-electron chi connectivity index (χ2n) is 6.60. The van der Waals surface area contributed by atoms with Crippen LogP contribution in [0.15, 0.2) is 42.5 Å². The van der Waals surface area contributed by atoms with Gasteiger partial charge in [-0.25, -0.2) is 9.37 Å². The zero-order chi connectivity index (χ0) is 19.7. The SMILES string of the molecule is COCCN(C(=O)Cc1c(C)[nH]c2ccc(F)cc12)c1nc2ccccc2s1. The van der Waals surface area contributed by atoms with Gasteiger partial charge in [0.25, 0.3) is 0 Å². The summed E-state index contributed by atoms with van der Waals surface area (Å²) >= 11 is 1.48. The first-order valence-corrected chi connectivity index (χ1v) is 9.80. The maximum Gasteiger partial charge on any atom is 0.233 e. The Morgan fingerprint density at radius 2 is 2.11 bits per heavy atom. The summed E-state index contributed by atoms with van der Waals surface area (Å²) in [5.74, 6) is -0.410. The second kappa shape index (κ2) is 7.69. The smallest absolute Gasteiger partial charge is 0.233 e. The summed E-state index contributed by atoms with van der Waals surface area (Å²) in [5.41, 5.74) is 3.36. The van der Waals surface area contributed by atoms with Crippen LogP contribution < -0.4 is 4.90 Å². The number of H-pyrrole nitrogens is 1. The molecular weight excluding hydrogens is 377 g/mol. The Hall–Kier alpha value is -2.77. The lowest BCUT2D eigenvalue weighted by Crippen LogP contribution is -2.35. The van der Waals surface area contributed by atoms with E-state index in [2.05, 4.69) is 9.97 Å². The number of thiazole rings is 1. The van der Waals surface area contributed by atoms with Crippen LogP contribution in [0.2, 0.25) is 0 Å². The highest BCUT2D eigenvalue weighted by Crippen LogP contribution is 2.30. The molecule has 0 atom stereocenters. The van der Waals surface area contributed by atoms with E-state index >= 15 is 0 Å². The second-order valence-corrected chi connectivity index (χ2v) is 7.61. The number of nitrogens with zero attached hydrogens (tertiary/aromatic N) is 2. The molecular formula is C21H20FN3O2S. The largest absolute Gasteiger partial charge is 0.383 e. The van der Waals surface area contributed by atoms with Gasteiger partial charge in [-0.1, -0.05) is 23.5 Å². The molecule has 1 N–H and O–H groups in total. The molecule has 0 aliphatic rings. The van der Waals surface area contributed by atoms with Crippen LogP contribution in [-0.2, 0) is 16.0 Å². The predicted molar refractivity (Wildman–Crippen MR) is 111 cm³/mol. The summed E-state index contributed by atoms with van der Waals surface area (Å²) in [6.07, 6.45) is 0.162. The number of aryl methyl sites for hydroxylation is 1. The van der Waals surface area contributed by atoms with E-state index in [0.717, 1.165) is 32.4 Å². The number of carbonyl (C=O) groups excluding carboxylic acids is 1. The van der Waals surface area contributed by atoms with Gasteiger partial charge in [-0.3, -0.25) is 9.69 Å². The standard InChI is InChI=1S/C21H20FN3O2S/c1-13-15(16-11-14(22)7-8-17(16)23-13)12-20(26)25(9-10-27-2)21-24-18-5-3-4-6-19(18)28-21/h3-8,11,23H,9-10,12H2,1-2H3. The Labute approximate surface area is 165 Å². The fourth-order valence-corrected chi connectivity index (χ4v) is 4.32. The van der Waals surface area contributed by atoms with Crippen molar-refractivity contribution in [2.75, 3.05) is 25.2 Å². The van der Waals surface area contributed by atoms with Crippen LogP contribution in [0.3, 0.4) is 0 Å². The van der Waals surface area contributed by atoms with Gasteiger partial charge in [-0.05, 0) is 42.8 Å². The molecule has 5 nitrogen and oxygen atoms in total. The van der Waals surface area contributed by atoms with Crippen molar-refractivity contribution in [1.29, 1.82) is 0 Å². The topological polar surface area (TPSA) is 58.2 Å². The number of carbonyl (C=O) groups is 1. The summed E-state index contributed by atoms with van der Waals surface area (Å²) in [6, 6.07) is 12.4. The number of para-hydroxylation sites is 1. The van der Waals surface area contributed by atoms with Gasteiger partial charge in [-0.15, -0.1) is 0 Å². The van der Waals surface area contributed by atoms with E-state index in [9.17, 15) is 9.18 Å². The fourth-order valence-electron chi connectivity index (χ4n) is 3.31. The average molecular weight is 397 g/mol. The highest BCUT2D eigenvalue weighted by molar-refractivity contribution is 7.22. The van der Waals surface area contributed by atoms with E-state index in [0.29, 0.717) is 18.3 Å². The van der Waals surface area contributed by atoms with Crippen LogP contribution in [-0.4, -0.2) is 36.1 Å². The quantitative estimate of drug-likeness (QED) is 0.523. The normalized spacial score (nSPS) is 11.4. The summed E-state index contributed by atoms with van der Waals surface area (Å²) in [7, 11) is 1.60. The van der Waals surface area contributed by atoms with Gasteiger partial charge >= 0.3 is 0 Å². The number of aromatic nitrogens is 2. The van der Waals surface area contributed by atoms with Gasteiger partial charge in [0.15, 0.2) is 5.13 Å². The van der Waals surface area contributed by atoms with Crippen LogP contribution in [0, 0.1) is 12.7 Å². The molecule has 0 saturated carbocycles. The first-order valence-electron chi connectivity index (χ1n) is 8.98. The predicted octanol–water partition coefficient (Wildman–Crippen LogP) is 4.45. The zero-order valence-corrected chi connectivity index (χ0v) is 16.5. The molecule has 0 bridgehead atoms. The monoisotopic (exact) mass is 397 g/mol. The Kier molecular flexibility index (Phi) is 5.11. The highest BCUT2D eigenvalue weighted by atomic mass is 32.1. The van der Waals surface area contributed by atoms with Crippen molar-refractivity contribution in [2.45, 2.75) is 13.3 Å². The third-order valence-corrected chi connectivity index (χ3v) is 5.80. The molecule has 4 rings (SSSR count). The van der Waals surface area contributed by atoms with E-state index in [4.69, 9.17) is 4.74 Å². The summed E-state index contributed by atoms with van der Waals surface area (Å²) in [4.78, 5) is 22.7. The first-order chi connectivity index (χ1) is 13.6. The summed E-state index contributed by atoms with van der Waals surface area (Å²) in [6.45, 7) is 2.71. The van der Waals surface area contributed by atoms with E-state index in [1.807, 2.05) is 31.2 Å². The number of fused-ring (bicyclic) bond motifs is 2. The van der Waals surface area contributed by atoms with Gasteiger partial charge in [0.2, 0.25) is 5.91 Å². The molecule has 28 heavy (non-hydrogen) atoms. The molecule has 4 aromatic rings. The number of rotatable bonds is 6. The maximum atomic E-state index is 13.7. The third kappa shape index (κ3) is 3.50. The number of anilines is 1. The number of hydrogen-bond acceptors (Lipinski definition) is 4. The molecule has 2 aromatic carbocycles. The lowest BCUT2D eigenvalue weighted by Gasteiger charge is -2.19. The average Bonchev–Trinajstić information content (AvgIpc) is 3.23. The number of halogens is 1. The zero-order valence-electron chi connectivity index (χ0n) is 15.7. The van der Waals surface area contributed by atoms with Crippen molar-refractivity contribution in [3.8, 4) is 0 Å². The minimum absolute atomic E-state index is 0.0932. The highest BCUT2D eigenvalue weighted by Gasteiger charge is 2.22. The van der Waals surface area contributed by atoms with Gasteiger partial charge in [0.1, 0.15) is 5.82 Å². The first kappa shape index (κ1) is 18.6. The van der Waals surface area contributed by atoms with Crippen LogP contribution in [0.4, 0.5) is 9.52 Å². The Morgan fingerprint density at radius 1 is 1.29 bits per heavy atom. The maximum absolute atomic E-state index is 13.7. The molecule has 0 radical (unpaired) electrons. The van der Waals surface area contributed by atoms with E-state index in [1.54, 1.807) is 18.1 Å².